The maximum absolute atomic E-state index is 12.9. The maximum atomic E-state index is 12.9. The molecule has 248 valence electrons. The second kappa shape index (κ2) is 14.7. The number of halogens is 4. The first kappa shape index (κ1) is 35.0. The van der Waals surface area contributed by atoms with Gasteiger partial charge in [0.2, 0.25) is 5.95 Å². The Morgan fingerprint density at radius 3 is 2.26 bits per heavy atom. The molecule has 0 radical (unpaired) electrons. The molecule has 17 heteroatoms. The summed E-state index contributed by atoms with van der Waals surface area (Å²) in [7, 11) is 1.48. The number of aromatic nitrogens is 3. The molecule has 3 aromatic rings. The van der Waals surface area contributed by atoms with E-state index in [-0.39, 0.29) is 35.9 Å². The predicted molar refractivity (Wildman–Crippen MR) is 164 cm³/mol. The number of benzene rings is 2. The van der Waals surface area contributed by atoms with Crippen molar-refractivity contribution >= 4 is 55.1 Å². The first-order valence-corrected chi connectivity index (χ1v) is 17.2. The van der Waals surface area contributed by atoms with E-state index in [1.54, 1.807) is 38.1 Å². The van der Waals surface area contributed by atoms with E-state index in [1.165, 1.54) is 19.2 Å². The van der Waals surface area contributed by atoms with Crippen LogP contribution in [0.4, 0.5) is 30.8 Å². The molecule has 1 aromatic heterocycles. The Morgan fingerprint density at radius 2 is 1.65 bits per heavy atom. The number of anilines is 3. The molecule has 12 nitrogen and oxygen atoms in total. The van der Waals surface area contributed by atoms with Gasteiger partial charge in [-0.05, 0) is 30.5 Å². The van der Waals surface area contributed by atoms with Crippen molar-refractivity contribution in [2.45, 2.75) is 43.7 Å². The van der Waals surface area contributed by atoms with E-state index in [0.29, 0.717) is 10.7 Å². The summed E-state index contributed by atoms with van der Waals surface area (Å²) in [5.74, 6) is -0.979. The number of carbonyl (C=O) groups excluding carboxylic acids is 2. The molecule has 1 aliphatic rings. The van der Waals surface area contributed by atoms with Crippen LogP contribution in [-0.2, 0) is 18.9 Å². The van der Waals surface area contributed by atoms with Gasteiger partial charge in [0.05, 0.1) is 5.54 Å². The topological polar surface area (TPSA) is 156 Å². The molecule has 1 atom stereocenters. The molecule has 1 heterocycles. The average Bonchev–Trinajstić information content (AvgIpc) is 3.78. The number of methoxy groups -OCH3 is 1. The summed E-state index contributed by atoms with van der Waals surface area (Å²) in [4.78, 5) is 37.7. The summed E-state index contributed by atoms with van der Waals surface area (Å²) in [5.41, 5.74) is 0.0796. The van der Waals surface area contributed by atoms with Gasteiger partial charge >= 0.3 is 157 Å². The van der Waals surface area contributed by atoms with E-state index in [2.05, 4.69) is 35.2 Å². The van der Waals surface area contributed by atoms with Crippen LogP contribution in [0.1, 0.15) is 42.6 Å². The van der Waals surface area contributed by atoms with Crippen LogP contribution in [0.2, 0.25) is 10.3 Å². The third-order valence-corrected chi connectivity index (χ3v) is 9.11. The van der Waals surface area contributed by atoms with E-state index in [9.17, 15) is 26.6 Å². The zero-order valence-electron chi connectivity index (χ0n) is 25.2. The summed E-state index contributed by atoms with van der Waals surface area (Å²) in [5, 5.41) is 9.61. The van der Waals surface area contributed by atoms with E-state index < -0.39 is 55.6 Å². The minimum absolute atomic E-state index is 0.00849. The second-order valence-corrected chi connectivity index (χ2v) is 14.3. The number of nitrogens with one attached hydrogen (secondary N) is 4. The van der Waals surface area contributed by atoms with Crippen molar-refractivity contribution in [3.63, 3.8) is 0 Å². The van der Waals surface area contributed by atoms with Gasteiger partial charge < -0.3 is 10.1 Å². The van der Waals surface area contributed by atoms with Crippen molar-refractivity contribution in [3.05, 3.63) is 64.7 Å². The molecule has 4 rings (SSSR count). The van der Waals surface area contributed by atoms with Gasteiger partial charge in [0, 0.05) is 5.02 Å². The zero-order valence-corrected chi connectivity index (χ0v) is 27.6. The van der Waals surface area contributed by atoms with Crippen LogP contribution in [0, 0.1) is 5.41 Å². The van der Waals surface area contributed by atoms with Gasteiger partial charge in [0.15, 0.2) is 6.61 Å². The number of amides is 2. The van der Waals surface area contributed by atoms with Crippen LogP contribution in [0.5, 0.6) is 6.01 Å². The van der Waals surface area contributed by atoms with Crippen molar-refractivity contribution in [1.29, 1.82) is 0 Å². The molecule has 46 heavy (non-hydrogen) atoms. The third kappa shape index (κ3) is 10.1. The second-order valence-electron chi connectivity index (χ2n) is 11.1. The first-order chi connectivity index (χ1) is 21.7. The van der Waals surface area contributed by atoms with E-state index in [0.717, 1.165) is 18.4 Å². The minimum atomic E-state index is -4.60. The molecule has 1 fully saturated rings. The third-order valence-electron chi connectivity index (χ3n) is 6.87. The Kier molecular flexibility index (Phi) is 11.2. The van der Waals surface area contributed by atoms with Crippen LogP contribution >= 0.6 is 11.6 Å². The Bertz CT molecular complexity index is 1560. The SMILES string of the molecule is COCC[Se](=O)NC(=O)C(C)(C)CNC(=O)c1ccc(Nc2nc(NC3(c4ccc(Cl)cc4)CC3)nc(OCC(F)(F)F)n2)cc1. The molecule has 0 bridgehead atoms. The molecule has 0 aliphatic heterocycles. The van der Waals surface area contributed by atoms with Crippen LogP contribution in [0.25, 0.3) is 0 Å². The van der Waals surface area contributed by atoms with Gasteiger partial charge in [-0.25, -0.2) is 0 Å². The van der Waals surface area contributed by atoms with E-state index in [4.69, 9.17) is 21.1 Å². The molecule has 1 saturated carbocycles. The molecule has 0 saturated heterocycles. The number of nitrogens with zero attached hydrogens (tertiary/aromatic N) is 3. The summed E-state index contributed by atoms with van der Waals surface area (Å²) in [6, 6.07) is 12.8. The summed E-state index contributed by atoms with van der Waals surface area (Å²) >= 11 is 3.42. The standard InChI is InChI=1S/C29H33ClF3N7O5Se/c1-27(2,23(42)40-46(43)15-14-44-3)16-34-22(41)18-4-10-21(11-5-18)35-24-36-25(38-26(37-24)45-17-29(31,32)33)39-28(12-13-28)19-6-8-20(30)9-7-19/h4-11H,12-17H2,1-3H3,(H,34,41)(H,40,42)(H2,35,36,37,38,39). The van der Waals surface area contributed by atoms with Crippen molar-refractivity contribution < 1.29 is 36.1 Å². The molecule has 4 N–H and O–H groups in total. The van der Waals surface area contributed by atoms with Gasteiger partial charge in [-0.3, -0.25) is 0 Å². The molecule has 1 aliphatic carbocycles. The monoisotopic (exact) mass is 731 g/mol. The number of hydrogen-bond donors (Lipinski definition) is 4. The van der Waals surface area contributed by atoms with Crippen LogP contribution in [-0.4, -0.2) is 73.9 Å². The average molecular weight is 731 g/mol. The summed E-state index contributed by atoms with van der Waals surface area (Å²) in [6.45, 7) is 1.90. The van der Waals surface area contributed by atoms with Crippen LogP contribution in [0.15, 0.2) is 48.5 Å². The first-order valence-electron chi connectivity index (χ1n) is 14.0. The fourth-order valence-electron chi connectivity index (χ4n) is 4.04. The van der Waals surface area contributed by atoms with Gasteiger partial charge in [0.1, 0.15) is 0 Å². The Labute approximate surface area is 272 Å². The molecule has 2 amide bonds. The van der Waals surface area contributed by atoms with Crippen molar-refractivity contribution in [3.8, 4) is 6.01 Å². The van der Waals surface area contributed by atoms with Crippen LogP contribution < -0.4 is 25.0 Å². The molecule has 0 spiro atoms. The number of ether oxygens (including phenoxy) is 2. The predicted octanol–water partition coefficient (Wildman–Crippen LogP) is 4.75. The molecular weight excluding hydrogens is 698 g/mol. The van der Waals surface area contributed by atoms with E-state index in [1.807, 2.05) is 12.1 Å². The fourth-order valence-corrected chi connectivity index (χ4v) is 6.06. The summed E-state index contributed by atoms with van der Waals surface area (Å²) in [6.07, 6.45) is -3.13. The quantitative estimate of drug-likeness (QED) is 0.161. The Hall–Kier alpha value is -3.85. The zero-order chi connectivity index (χ0) is 33.5. The molecular formula is C29H33ClF3N7O5Se. The Morgan fingerprint density at radius 1 is 1.00 bits per heavy atom. The van der Waals surface area contributed by atoms with Gasteiger partial charge in [-0.15, -0.1) is 0 Å². The molecule has 1 unspecified atom stereocenters. The molecule has 2 aromatic carbocycles. The van der Waals surface area contributed by atoms with Crippen molar-refractivity contribution in [1.82, 2.24) is 24.6 Å². The van der Waals surface area contributed by atoms with Gasteiger partial charge in [-0.1, -0.05) is 23.7 Å². The van der Waals surface area contributed by atoms with Crippen molar-refractivity contribution in [2.75, 3.05) is 37.5 Å². The number of rotatable bonds is 15. The Balaban J connectivity index is 1.42. The van der Waals surface area contributed by atoms with E-state index >= 15 is 0 Å². The fraction of sp³-hybridized carbons (Fsp3) is 0.414. The van der Waals surface area contributed by atoms with Gasteiger partial charge in [-0.2, -0.15) is 28.1 Å². The number of alkyl halides is 3. The van der Waals surface area contributed by atoms with Crippen LogP contribution in [0.3, 0.4) is 0 Å². The normalized spacial score (nSPS) is 14.6. The van der Waals surface area contributed by atoms with Gasteiger partial charge in [0.25, 0.3) is 0 Å². The number of carbonyl (C=O) groups is 2. The summed E-state index contributed by atoms with van der Waals surface area (Å²) < 4.78 is 62.9. The number of hydrogen-bond acceptors (Lipinski definition) is 10. The van der Waals surface area contributed by atoms with Crippen molar-refractivity contribution in [2.24, 2.45) is 5.41 Å².